The van der Waals surface area contributed by atoms with Gasteiger partial charge in [-0.2, -0.15) is 0 Å². The number of rotatable bonds is 1. The van der Waals surface area contributed by atoms with E-state index >= 15 is 0 Å². The Balaban J connectivity index is 1.61. The van der Waals surface area contributed by atoms with Crippen LogP contribution in [0.5, 0.6) is 0 Å². The van der Waals surface area contributed by atoms with Gasteiger partial charge < -0.3 is 24.2 Å². The second-order valence-electron chi connectivity index (χ2n) is 7.93. The van der Waals surface area contributed by atoms with Crippen molar-refractivity contribution in [1.29, 1.82) is 0 Å². The normalized spacial score (nSPS) is 29.6. The van der Waals surface area contributed by atoms with E-state index in [0.717, 1.165) is 25.7 Å². The zero-order valence-electron chi connectivity index (χ0n) is 13.8. The molecule has 2 aliphatic heterocycles. The van der Waals surface area contributed by atoms with Crippen molar-refractivity contribution in [3.63, 3.8) is 0 Å². The minimum atomic E-state index is -0.516. The summed E-state index contributed by atoms with van der Waals surface area (Å²) in [5.74, 6) is -0.381. The number of ether oxygens (including phenoxy) is 3. The Hall–Kier alpha value is -0.850. The highest BCUT2D eigenvalue weighted by Crippen LogP contribution is 2.59. The lowest BCUT2D eigenvalue weighted by molar-refractivity contribution is -0.273. The number of amides is 1. The SMILES string of the molecule is CC(C)(C)OC(=O)N1CCC2(CC1CO)CC1(C2)OCCO1. The lowest BCUT2D eigenvalue weighted by atomic mass is 9.58. The van der Waals surface area contributed by atoms with Gasteiger partial charge in [0.05, 0.1) is 25.9 Å². The summed E-state index contributed by atoms with van der Waals surface area (Å²) in [5, 5.41) is 9.71. The predicted molar refractivity (Wildman–Crippen MR) is 79.3 cm³/mol. The number of nitrogens with zero attached hydrogens (tertiary/aromatic N) is 1. The Kier molecular flexibility index (Phi) is 3.90. The lowest BCUT2D eigenvalue weighted by Gasteiger charge is -2.57. The summed E-state index contributed by atoms with van der Waals surface area (Å²) < 4.78 is 16.9. The van der Waals surface area contributed by atoms with Gasteiger partial charge in [0.1, 0.15) is 5.60 Å². The number of likely N-dealkylation sites (tertiary alicyclic amines) is 1. The van der Waals surface area contributed by atoms with E-state index in [-0.39, 0.29) is 29.9 Å². The summed E-state index contributed by atoms with van der Waals surface area (Å²) in [7, 11) is 0. The molecule has 2 heterocycles. The fourth-order valence-electron chi connectivity index (χ4n) is 4.09. The van der Waals surface area contributed by atoms with E-state index in [1.54, 1.807) is 4.90 Å². The van der Waals surface area contributed by atoms with Crippen molar-refractivity contribution in [2.75, 3.05) is 26.4 Å². The van der Waals surface area contributed by atoms with Crippen molar-refractivity contribution in [3.8, 4) is 0 Å². The van der Waals surface area contributed by atoms with E-state index in [0.29, 0.717) is 19.8 Å². The van der Waals surface area contributed by atoms with Crippen LogP contribution in [0.2, 0.25) is 0 Å². The minimum Gasteiger partial charge on any atom is -0.444 e. The maximum Gasteiger partial charge on any atom is 0.410 e. The number of aliphatic hydroxyl groups excluding tert-OH is 1. The third-order valence-corrected chi connectivity index (χ3v) is 4.93. The first kappa shape index (κ1) is 16.0. The summed E-state index contributed by atoms with van der Waals surface area (Å²) in [6.07, 6.45) is 3.12. The van der Waals surface area contributed by atoms with Crippen LogP contribution in [0.25, 0.3) is 0 Å². The second kappa shape index (κ2) is 5.35. The molecule has 0 aromatic carbocycles. The van der Waals surface area contributed by atoms with E-state index in [4.69, 9.17) is 14.2 Å². The van der Waals surface area contributed by atoms with Crippen LogP contribution >= 0.6 is 0 Å². The van der Waals surface area contributed by atoms with Gasteiger partial charge in [-0.1, -0.05) is 0 Å². The fraction of sp³-hybridized carbons (Fsp3) is 0.938. The molecule has 1 unspecified atom stereocenters. The number of hydrogen-bond acceptors (Lipinski definition) is 5. The molecule has 1 saturated carbocycles. The van der Waals surface area contributed by atoms with Gasteiger partial charge in [0.15, 0.2) is 5.79 Å². The summed E-state index contributed by atoms with van der Waals surface area (Å²) in [4.78, 5) is 14.0. The predicted octanol–water partition coefficient (Wildman–Crippen LogP) is 1.90. The summed E-state index contributed by atoms with van der Waals surface area (Å²) in [6.45, 7) is 7.50. The van der Waals surface area contributed by atoms with Gasteiger partial charge in [0.25, 0.3) is 0 Å². The van der Waals surface area contributed by atoms with E-state index < -0.39 is 5.60 Å². The van der Waals surface area contributed by atoms with Crippen LogP contribution in [0.15, 0.2) is 0 Å². The van der Waals surface area contributed by atoms with Gasteiger partial charge in [0.2, 0.25) is 0 Å². The van der Waals surface area contributed by atoms with Crippen molar-refractivity contribution in [2.45, 2.75) is 63.9 Å². The highest BCUT2D eigenvalue weighted by Gasteiger charge is 2.60. The van der Waals surface area contributed by atoms with Crippen molar-refractivity contribution in [3.05, 3.63) is 0 Å². The Morgan fingerprint density at radius 1 is 1.32 bits per heavy atom. The molecule has 3 rings (SSSR count). The van der Waals surface area contributed by atoms with Crippen LogP contribution in [0, 0.1) is 5.41 Å². The molecule has 6 nitrogen and oxygen atoms in total. The van der Waals surface area contributed by atoms with Gasteiger partial charge in [-0.25, -0.2) is 4.79 Å². The molecule has 1 amide bonds. The van der Waals surface area contributed by atoms with Crippen molar-refractivity contribution in [1.82, 2.24) is 4.90 Å². The van der Waals surface area contributed by atoms with Crippen LogP contribution in [-0.4, -0.2) is 59.9 Å². The third-order valence-electron chi connectivity index (χ3n) is 4.93. The fourth-order valence-corrected chi connectivity index (χ4v) is 4.09. The monoisotopic (exact) mass is 313 g/mol. The van der Waals surface area contributed by atoms with E-state index in [9.17, 15) is 9.90 Å². The number of aliphatic hydroxyl groups is 1. The first-order valence-corrected chi connectivity index (χ1v) is 8.15. The molecule has 3 fully saturated rings. The van der Waals surface area contributed by atoms with Crippen LogP contribution in [0.3, 0.4) is 0 Å². The summed E-state index contributed by atoms with van der Waals surface area (Å²) >= 11 is 0. The average Bonchev–Trinajstić information content (AvgIpc) is 2.85. The molecule has 2 spiro atoms. The molecule has 6 heteroatoms. The topological polar surface area (TPSA) is 68.2 Å². The first-order chi connectivity index (χ1) is 10.3. The maximum atomic E-state index is 12.3. The smallest absolute Gasteiger partial charge is 0.410 e. The Bertz CT molecular complexity index is 430. The summed E-state index contributed by atoms with van der Waals surface area (Å²) in [6, 6.07) is -0.178. The highest BCUT2D eigenvalue weighted by atomic mass is 16.7. The van der Waals surface area contributed by atoms with Crippen molar-refractivity contribution >= 4 is 6.09 Å². The molecule has 0 bridgehead atoms. The number of carbonyl (C=O) groups excluding carboxylic acids is 1. The molecule has 0 aromatic rings. The molecular formula is C16H27NO5. The third kappa shape index (κ3) is 2.96. The van der Waals surface area contributed by atoms with Crippen LogP contribution in [0.4, 0.5) is 4.79 Å². The first-order valence-electron chi connectivity index (χ1n) is 8.15. The molecule has 2 saturated heterocycles. The highest BCUT2D eigenvalue weighted by molar-refractivity contribution is 5.68. The quantitative estimate of drug-likeness (QED) is 0.801. The molecule has 0 aromatic heterocycles. The molecule has 126 valence electrons. The van der Waals surface area contributed by atoms with Gasteiger partial charge in [-0.15, -0.1) is 0 Å². The summed E-state index contributed by atoms with van der Waals surface area (Å²) in [5.41, 5.74) is -0.380. The number of piperidine rings is 1. The molecule has 3 aliphatic rings. The van der Waals surface area contributed by atoms with Crippen LogP contribution in [-0.2, 0) is 14.2 Å². The van der Waals surface area contributed by atoms with Crippen molar-refractivity contribution < 1.29 is 24.1 Å². The molecule has 1 aliphatic carbocycles. The average molecular weight is 313 g/mol. The molecule has 1 N–H and O–H groups in total. The zero-order valence-corrected chi connectivity index (χ0v) is 13.8. The zero-order chi connectivity index (χ0) is 16.0. The second-order valence-corrected chi connectivity index (χ2v) is 7.93. The molecular weight excluding hydrogens is 286 g/mol. The number of carbonyl (C=O) groups is 1. The van der Waals surface area contributed by atoms with Crippen LogP contribution in [0.1, 0.15) is 46.5 Å². The van der Waals surface area contributed by atoms with Gasteiger partial charge in [-0.3, -0.25) is 0 Å². The Morgan fingerprint density at radius 3 is 2.50 bits per heavy atom. The standard InChI is InChI=1S/C16H27NO5/c1-14(2,3)22-13(19)17-5-4-15(8-12(17)9-18)10-16(11-15)20-6-7-21-16/h12,18H,4-11H2,1-3H3. The van der Waals surface area contributed by atoms with Crippen LogP contribution < -0.4 is 0 Å². The molecule has 0 radical (unpaired) electrons. The minimum absolute atomic E-state index is 0.0320. The van der Waals surface area contributed by atoms with E-state index in [1.807, 2.05) is 20.8 Å². The Morgan fingerprint density at radius 2 is 1.95 bits per heavy atom. The Labute approximate surface area is 131 Å². The van der Waals surface area contributed by atoms with Gasteiger partial charge >= 0.3 is 6.09 Å². The number of hydrogen-bond donors (Lipinski definition) is 1. The van der Waals surface area contributed by atoms with Crippen molar-refractivity contribution in [2.24, 2.45) is 5.41 Å². The van der Waals surface area contributed by atoms with E-state index in [1.165, 1.54) is 0 Å². The maximum absolute atomic E-state index is 12.3. The molecule has 22 heavy (non-hydrogen) atoms. The lowest BCUT2D eigenvalue weighted by Crippen LogP contribution is -2.61. The van der Waals surface area contributed by atoms with Gasteiger partial charge in [-0.05, 0) is 39.0 Å². The van der Waals surface area contributed by atoms with Gasteiger partial charge in [0, 0.05) is 19.4 Å². The largest absolute Gasteiger partial charge is 0.444 e. The van der Waals surface area contributed by atoms with E-state index in [2.05, 4.69) is 0 Å². The molecule has 1 atom stereocenters.